The van der Waals surface area contributed by atoms with Crippen LogP contribution in [0.3, 0.4) is 0 Å². The third kappa shape index (κ3) is 5.56. The molecule has 0 atom stereocenters. The van der Waals surface area contributed by atoms with Gasteiger partial charge in [0.25, 0.3) is 0 Å². The summed E-state index contributed by atoms with van der Waals surface area (Å²) in [5, 5.41) is 8.95. The van der Waals surface area contributed by atoms with E-state index < -0.39 is 5.97 Å². The Kier molecular flexibility index (Phi) is 6.44. The molecule has 3 aromatic carbocycles. The summed E-state index contributed by atoms with van der Waals surface area (Å²) in [5.74, 6) is -0.0697. The Morgan fingerprint density at radius 2 is 1.74 bits per heavy atom. The summed E-state index contributed by atoms with van der Waals surface area (Å²) in [5.41, 5.74) is 3.46. The van der Waals surface area contributed by atoms with E-state index >= 15 is 0 Å². The third-order valence-electron chi connectivity index (χ3n) is 4.07. The van der Waals surface area contributed by atoms with Gasteiger partial charge in [0.1, 0.15) is 12.4 Å². The van der Waals surface area contributed by atoms with E-state index in [0.717, 1.165) is 33.3 Å². The van der Waals surface area contributed by atoms with Gasteiger partial charge in [-0.2, -0.15) is 0 Å². The third-order valence-corrected chi connectivity index (χ3v) is 4.57. The van der Waals surface area contributed by atoms with Gasteiger partial charge in [-0.3, -0.25) is 0 Å². The van der Waals surface area contributed by atoms with Crippen molar-refractivity contribution in [2.24, 2.45) is 0 Å². The maximum absolute atomic E-state index is 10.9. The number of hydrogen-bond donors (Lipinski definition) is 1. The lowest BCUT2D eigenvalue weighted by molar-refractivity contribution is 0.0697. The van der Waals surface area contributed by atoms with Crippen LogP contribution in [0.2, 0.25) is 0 Å². The molecule has 1 N–H and O–H groups in total. The molecular formula is C23H19BrO3. The topological polar surface area (TPSA) is 46.5 Å². The summed E-state index contributed by atoms with van der Waals surface area (Å²) in [6, 6.07) is 22.9. The zero-order valence-corrected chi connectivity index (χ0v) is 16.2. The summed E-state index contributed by atoms with van der Waals surface area (Å²) >= 11 is 3.50. The van der Waals surface area contributed by atoms with Crippen LogP contribution in [0.25, 0.3) is 6.08 Å². The van der Waals surface area contributed by atoms with Crippen LogP contribution in [0.15, 0.2) is 83.3 Å². The van der Waals surface area contributed by atoms with Gasteiger partial charge in [0.15, 0.2) is 0 Å². The summed E-state index contributed by atoms with van der Waals surface area (Å²) in [6.07, 6.45) is 4.75. The number of aromatic carboxylic acids is 1. The Bertz CT molecular complexity index is 932. The van der Waals surface area contributed by atoms with E-state index in [-0.39, 0.29) is 5.56 Å². The number of carboxylic acid groups (broad SMARTS) is 1. The molecule has 0 spiro atoms. The average molecular weight is 423 g/mol. The van der Waals surface area contributed by atoms with Crippen molar-refractivity contribution in [3.8, 4) is 5.75 Å². The molecule has 0 unspecified atom stereocenters. The van der Waals surface area contributed by atoms with Crippen LogP contribution in [-0.2, 0) is 13.0 Å². The lowest BCUT2D eigenvalue weighted by atomic mass is 10.1. The highest BCUT2D eigenvalue weighted by Crippen LogP contribution is 2.25. The van der Waals surface area contributed by atoms with E-state index in [1.165, 1.54) is 0 Å². The van der Waals surface area contributed by atoms with Crippen LogP contribution in [0, 0.1) is 0 Å². The summed E-state index contributed by atoms with van der Waals surface area (Å²) < 4.78 is 6.99. The van der Waals surface area contributed by atoms with Gasteiger partial charge in [-0.1, -0.05) is 76.6 Å². The fourth-order valence-electron chi connectivity index (χ4n) is 2.63. The Morgan fingerprint density at radius 1 is 1.00 bits per heavy atom. The number of allylic oxidation sites excluding steroid dienone is 1. The zero-order valence-electron chi connectivity index (χ0n) is 14.6. The van der Waals surface area contributed by atoms with Crippen molar-refractivity contribution in [1.29, 1.82) is 0 Å². The second-order valence-corrected chi connectivity index (χ2v) is 6.98. The second kappa shape index (κ2) is 9.19. The number of carbonyl (C=O) groups is 1. The molecule has 0 aromatic heterocycles. The van der Waals surface area contributed by atoms with Crippen molar-refractivity contribution < 1.29 is 14.6 Å². The van der Waals surface area contributed by atoms with Crippen LogP contribution >= 0.6 is 15.9 Å². The van der Waals surface area contributed by atoms with Gasteiger partial charge < -0.3 is 9.84 Å². The number of carboxylic acids is 1. The fourth-order valence-corrected chi connectivity index (χ4v) is 2.97. The van der Waals surface area contributed by atoms with E-state index in [1.807, 2.05) is 60.7 Å². The first-order valence-electron chi connectivity index (χ1n) is 8.57. The lowest BCUT2D eigenvalue weighted by Gasteiger charge is -2.11. The maximum atomic E-state index is 10.9. The molecule has 0 bridgehead atoms. The number of benzene rings is 3. The smallest absolute Gasteiger partial charge is 0.335 e. The molecule has 0 aliphatic rings. The number of rotatable bonds is 7. The maximum Gasteiger partial charge on any atom is 0.335 e. The van der Waals surface area contributed by atoms with E-state index in [2.05, 4.69) is 15.9 Å². The molecule has 0 aliphatic heterocycles. The van der Waals surface area contributed by atoms with Crippen molar-refractivity contribution in [1.82, 2.24) is 0 Å². The Labute approximate surface area is 167 Å². The molecule has 0 amide bonds. The fraction of sp³-hybridized carbons (Fsp3) is 0.0870. The van der Waals surface area contributed by atoms with Gasteiger partial charge in [-0.15, -0.1) is 0 Å². The highest BCUT2D eigenvalue weighted by atomic mass is 79.9. The molecule has 3 aromatic rings. The van der Waals surface area contributed by atoms with Crippen molar-refractivity contribution in [3.05, 3.63) is 106 Å². The molecule has 3 nitrogen and oxygen atoms in total. The molecule has 136 valence electrons. The largest absolute Gasteiger partial charge is 0.489 e. The monoisotopic (exact) mass is 422 g/mol. The van der Waals surface area contributed by atoms with Crippen LogP contribution in [-0.4, -0.2) is 11.1 Å². The van der Waals surface area contributed by atoms with Crippen molar-refractivity contribution >= 4 is 28.0 Å². The number of halogens is 1. The summed E-state index contributed by atoms with van der Waals surface area (Å²) in [4.78, 5) is 10.9. The molecule has 4 heteroatoms. The Morgan fingerprint density at radius 3 is 2.44 bits per heavy atom. The summed E-state index contributed by atoms with van der Waals surface area (Å²) in [6.45, 7) is 0.519. The average Bonchev–Trinajstić information content (AvgIpc) is 2.69. The number of hydrogen-bond acceptors (Lipinski definition) is 2. The standard InChI is InChI=1S/C23H19BrO3/c24-21-14-13-19(22(15-21)27-16-18-5-2-1-3-6-18)8-4-7-17-9-11-20(12-10-17)23(25)26/h1-7,9-15H,8,16H2,(H,25,26)/b7-4-. The van der Waals surface area contributed by atoms with Crippen molar-refractivity contribution in [3.63, 3.8) is 0 Å². The molecule has 0 heterocycles. The van der Waals surface area contributed by atoms with E-state index in [4.69, 9.17) is 9.84 Å². The number of ether oxygens (including phenoxy) is 1. The van der Waals surface area contributed by atoms with Crippen LogP contribution < -0.4 is 4.74 Å². The van der Waals surface area contributed by atoms with Gasteiger partial charge in [-0.25, -0.2) is 4.79 Å². The predicted molar refractivity (Wildman–Crippen MR) is 111 cm³/mol. The van der Waals surface area contributed by atoms with E-state index in [9.17, 15) is 4.79 Å². The van der Waals surface area contributed by atoms with Crippen LogP contribution in [0.1, 0.15) is 27.0 Å². The molecule has 0 fully saturated rings. The molecule has 27 heavy (non-hydrogen) atoms. The SMILES string of the molecule is O=C(O)c1ccc(/C=C\Cc2ccc(Br)cc2OCc2ccccc2)cc1. The molecule has 0 radical (unpaired) electrons. The quantitative estimate of drug-likeness (QED) is 0.509. The first-order chi connectivity index (χ1) is 13.1. The van der Waals surface area contributed by atoms with Crippen LogP contribution in [0.4, 0.5) is 0 Å². The second-order valence-electron chi connectivity index (χ2n) is 6.06. The normalized spacial score (nSPS) is 10.9. The van der Waals surface area contributed by atoms with Crippen LogP contribution in [0.5, 0.6) is 5.75 Å². The molecule has 0 aliphatic carbocycles. The Balaban J connectivity index is 1.68. The van der Waals surface area contributed by atoms with Crippen molar-refractivity contribution in [2.75, 3.05) is 0 Å². The minimum absolute atomic E-state index is 0.289. The predicted octanol–water partition coefficient (Wildman–Crippen LogP) is 5.98. The summed E-state index contributed by atoms with van der Waals surface area (Å²) in [7, 11) is 0. The first kappa shape index (κ1) is 18.9. The molecular weight excluding hydrogens is 404 g/mol. The Hall–Kier alpha value is -2.85. The molecule has 0 saturated heterocycles. The van der Waals surface area contributed by atoms with Gasteiger partial charge in [0.05, 0.1) is 5.56 Å². The highest BCUT2D eigenvalue weighted by molar-refractivity contribution is 9.10. The van der Waals surface area contributed by atoms with E-state index in [0.29, 0.717) is 6.61 Å². The minimum Gasteiger partial charge on any atom is -0.489 e. The van der Waals surface area contributed by atoms with Gasteiger partial charge in [0.2, 0.25) is 0 Å². The van der Waals surface area contributed by atoms with Gasteiger partial charge >= 0.3 is 5.97 Å². The van der Waals surface area contributed by atoms with Gasteiger partial charge in [0, 0.05) is 4.47 Å². The first-order valence-corrected chi connectivity index (χ1v) is 9.36. The molecule has 3 rings (SSSR count). The zero-order chi connectivity index (χ0) is 19.1. The highest BCUT2D eigenvalue weighted by Gasteiger charge is 2.05. The minimum atomic E-state index is -0.916. The van der Waals surface area contributed by atoms with Gasteiger partial charge in [-0.05, 0) is 47.4 Å². The lowest BCUT2D eigenvalue weighted by Crippen LogP contribution is -1.98. The van der Waals surface area contributed by atoms with E-state index in [1.54, 1.807) is 24.3 Å². The molecule has 0 saturated carbocycles. The van der Waals surface area contributed by atoms with Crippen molar-refractivity contribution in [2.45, 2.75) is 13.0 Å².